The number of aromatic nitrogens is 1. The number of hydrogen-bond donors (Lipinski definition) is 1. The SMILES string of the molecule is NC1(C[C@H]2CC[C@@H](c3ccnc4ccc(F)cc43)CC2)CC1. The second kappa shape index (κ2) is 5.31. The zero-order valence-electron chi connectivity index (χ0n) is 12.9. The van der Waals surface area contributed by atoms with Crippen molar-refractivity contribution in [1.29, 1.82) is 0 Å². The molecule has 2 saturated carbocycles. The molecule has 0 atom stereocenters. The van der Waals surface area contributed by atoms with E-state index < -0.39 is 0 Å². The van der Waals surface area contributed by atoms with Crippen LogP contribution in [0.2, 0.25) is 0 Å². The number of hydrogen-bond acceptors (Lipinski definition) is 2. The third kappa shape index (κ3) is 2.74. The summed E-state index contributed by atoms with van der Waals surface area (Å²) in [7, 11) is 0. The fourth-order valence-corrected chi connectivity index (χ4v) is 4.11. The summed E-state index contributed by atoms with van der Waals surface area (Å²) >= 11 is 0. The van der Waals surface area contributed by atoms with Gasteiger partial charge in [0.05, 0.1) is 5.52 Å². The molecule has 22 heavy (non-hydrogen) atoms. The third-order valence-electron chi connectivity index (χ3n) is 5.61. The molecule has 2 nitrogen and oxygen atoms in total. The van der Waals surface area contributed by atoms with E-state index in [1.807, 2.05) is 6.20 Å². The van der Waals surface area contributed by atoms with E-state index in [-0.39, 0.29) is 11.4 Å². The molecule has 0 aliphatic heterocycles. The number of nitrogens with zero attached hydrogens (tertiary/aromatic N) is 1. The van der Waals surface area contributed by atoms with Crippen molar-refractivity contribution >= 4 is 10.9 Å². The van der Waals surface area contributed by atoms with Gasteiger partial charge in [-0.05, 0) is 86.6 Å². The fraction of sp³-hybridized carbons (Fsp3) is 0.526. The van der Waals surface area contributed by atoms with E-state index >= 15 is 0 Å². The Bertz CT molecular complexity index is 685. The van der Waals surface area contributed by atoms with Gasteiger partial charge in [0.2, 0.25) is 0 Å². The van der Waals surface area contributed by atoms with Gasteiger partial charge in [0, 0.05) is 17.1 Å². The van der Waals surface area contributed by atoms with Crippen LogP contribution >= 0.6 is 0 Å². The number of fused-ring (bicyclic) bond motifs is 1. The largest absolute Gasteiger partial charge is 0.325 e. The van der Waals surface area contributed by atoms with Gasteiger partial charge in [-0.2, -0.15) is 0 Å². The van der Waals surface area contributed by atoms with E-state index in [2.05, 4.69) is 11.1 Å². The lowest BCUT2D eigenvalue weighted by atomic mass is 9.75. The monoisotopic (exact) mass is 298 g/mol. The predicted molar refractivity (Wildman–Crippen MR) is 87.2 cm³/mol. The molecule has 0 spiro atoms. The van der Waals surface area contributed by atoms with Crippen LogP contribution in [0.25, 0.3) is 10.9 Å². The number of pyridine rings is 1. The smallest absolute Gasteiger partial charge is 0.123 e. The van der Waals surface area contributed by atoms with Crippen molar-refractivity contribution in [1.82, 2.24) is 4.98 Å². The molecular weight excluding hydrogens is 275 g/mol. The zero-order valence-corrected chi connectivity index (χ0v) is 12.9. The summed E-state index contributed by atoms with van der Waals surface area (Å²) in [5, 5.41) is 0.989. The molecule has 0 unspecified atom stereocenters. The van der Waals surface area contributed by atoms with Gasteiger partial charge in [0.1, 0.15) is 5.82 Å². The van der Waals surface area contributed by atoms with Crippen molar-refractivity contribution in [2.45, 2.75) is 56.4 Å². The Hall–Kier alpha value is -1.48. The van der Waals surface area contributed by atoms with Crippen molar-refractivity contribution in [2.75, 3.05) is 0 Å². The highest BCUT2D eigenvalue weighted by Gasteiger charge is 2.40. The van der Waals surface area contributed by atoms with E-state index in [4.69, 9.17) is 5.73 Å². The first-order valence-corrected chi connectivity index (χ1v) is 8.46. The van der Waals surface area contributed by atoms with Crippen LogP contribution in [0.3, 0.4) is 0 Å². The van der Waals surface area contributed by atoms with Crippen molar-refractivity contribution in [2.24, 2.45) is 11.7 Å². The molecule has 116 valence electrons. The number of rotatable bonds is 3. The second-order valence-corrected chi connectivity index (χ2v) is 7.35. The van der Waals surface area contributed by atoms with Gasteiger partial charge in [-0.15, -0.1) is 0 Å². The molecule has 0 saturated heterocycles. The van der Waals surface area contributed by atoms with Crippen molar-refractivity contribution in [3.8, 4) is 0 Å². The van der Waals surface area contributed by atoms with Crippen LogP contribution in [0.1, 0.15) is 56.4 Å². The number of halogens is 1. The highest BCUT2D eigenvalue weighted by Crippen LogP contribution is 2.45. The van der Waals surface area contributed by atoms with E-state index in [1.54, 1.807) is 12.1 Å². The van der Waals surface area contributed by atoms with Crippen LogP contribution in [0.4, 0.5) is 4.39 Å². The summed E-state index contributed by atoms with van der Waals surface area (Å²) in [6.07, 6.45) is 10.4. The average Bonchev–Trinajstić information content (AvgIpc) is 3.24. The lowest BCUT2D eigenvalue weighted by Gasteiger charge is -2.30. The van der Waals surface area contributed by atoms with Crippen LogP contribution in [-0.4, -0.2) is 10.5 Å². The van der Waals surface area contributed by atoms with Gasteiger partial charge < -0.3 is 5.73 Å². The van der Waals surface area contributed by atoms with Gasteiger partial charge in [-0.25, -0.2) is 4.39 Å². The molecule has 0 amide bonds. The first-order valence-electron chi connectivity index (χ1n) is 8.46. The van der Waals surface area contributed by atoms with Gasteiger partial charge in [0.25, 0.3) is 0 Å². The Labute approximate surface area is 130 Å². The quantitative estimate of drug-likeness (QED) is 0.904. The molecule has 0 radical (unpaired) electrons. The van der Waals surface area contributed by atoms with Gasteiger partial charge in [-0.3, -0.25) is 4.98 Å². The fourth-order valence-electron chi connectivity index (χ4n) is 4.11. The molecule has 1 heterocycles. The normalized spacial score (nSPS) is 27.0. The van der Waals surface area contributed by atoms with E-state index in [0.717, 1.165) is 16.8 Å². The molecule has 2 aliphatic rings. The first-order chi connectivity index (χ1) is 10.6. The summed E-state index contributed by atoms with van der Waals surface area (Å²) in [5.41, 5.74) is 8.61. The lowest BCUT2D eigenvalue weighted by Crippen LogP contribution is -2.27. The topological polar surface area (TPSA) is 38.9 Å². The third-order valence-corrected chi connectivity index (χ3v) is 5.61. The van der Waals surface area contributed by atoms with Crippen LogP contribution in [0.5, 0.6) is 0 Å². The Balaban J connectivity index is 1.52. The highest BCUT2D eigenvalue weighted by molar-refractivity contribution is 5.82. The molecular formula is C19H23FN2. The second-order valence-electron chi connectivity index (χ2n) is 7.35. The maximum Gasteiger partial charge on any atom is 0.123 e. The Morgan fingerprint density at radius 3 is 2.64 bits per heavy atom. The molecule has 1 aromatic carbocycles. The van der Waals surface area contributed by atoms with E-state index in [0.29, 0.717) is 5.92 Å². The maximum atomic E-state index is 13.6. The van der Waals surface area contributed by atoms with Gasteiger partial charge in [-0.1, -0.05) is 0 Å². The minimum atomic E-state index is -0.172. The highest BCUT2D eigenvalue weighted by atomic mass is 19.1. The van der Waals surface area contributed by atoms with Gasteiger partial charge >= 0.3 is 0 Å². The molecule has 4 rings (SSSR count). The lowest BCUT2D eigenvalue weighted by molar-refractivity contribution is 0.288. The summed E-state index contributed by atoms with van der Waals surface area (Å²) in [6.45, 7) is 0. The standard InChI is InChI=1S/C19H23FN2/c20-15-5-6-18-17(11-15)16(7-10-22-18)14-3-1-13(2-4-14)12-19(21)8-9-19/h5-7,10-11,13-14H,1-4,8-9,12,21H2/t13-,14+. The van der Waals surface area contributed by atoms with Crippen molar-refractivity contribution < 1.29 is 4.39 Å². The van der Waals surface area contributed by atoms with Crippen molar-refractivity contribution in [3.63, 3.8) is 0 Å². The summed E-state index contributed by atoms with van der Waals surface area (Å²) in [4.78, 5) is 4.37. The molecule has 2 N–H and O–H groups in total. The van der Waals surface area contributed by atoms with E-state index in [9.17, 15) is 4.39 Å². The van der Waals surface area contributed by atoms with Crippen LogP contribution in [0.15, 0.2) is 30.5 Å². The van der Waals surface area contributed by atoms with E-state index in [1.165, 1.54) is 56.6 Å². The van der Waals surface area contributed by atoms with Crippen LogP contribution in [-0.2, 0) is 0 Å². The summed E-state index contributed by atoms with van der Waals surface area (Å²) in [5.74, 6) is 1.15. The number of benzene rings is 1. The molecule has 3 heteroatoms. The number of nitrogens with two attached hydrogens (primary N) is 1. The zero-order chi connectivity index (χ0) is 15.2. The Kier molecular flexibility index (Phi) is 3.41. The average molecular weight is 298 g/mol. The summed E-state index contributed by atoms with van der Waals surface area (Å²) < 4.78 is 13.6. The Morgan fingerprint density at radius 2 is 1.91 bits per heavy atom. The molecule has 2 fully saturated rings. The van der Waals surface area contributed by atoms with Crippen LogP contribution < -0.4 is 5.73 Å². The van der Waals surface area contributed by atoms with Crippen molar-refractivity contribution in [3.05, 3.63) is 41.8 Å². The molecule has 0 bridgehead atoms. The minimum absolute atomic E-state index is 0.171. The molecule has 2 aliphatic carbocycles. The van der Waals surface area contributed by atoms with Gasteiger partial charge in [0.15, 0.2) is 0 Å². The predicted octanol–water partition coefficient (Wildman–Crippen LogP) is 4.53. The van der Waals surface area contributed by atoms with Crippen LogP contribution in [0, 0.1) is 11.7 Å². The summed E-state index contributed by atoms with van der Waals surface area (Å²) in [6, 6.07) is 7.00. The maximum absolute atomic E-state index is 13.6. The molecule has 1 aromatic heterocycles. The Morgan fingerprint density at radius 1 is 1.14 bits per heavy atom. The minimum Gasteiger partial charge on any atom is -0.325 e. The molecule has 2 aromatic rings. The first kappa shape index (κ1) is 14.1.